The lowest BCUT2D eigenvalue weighted by molar-refractivity contribution is 0.590. The lowest BCUT2D eigenvalue weighted by atomic mass is 9.85. The zero-order valence-electron chi connectivity index (χ0n) is 24.2. The first-order chi connectivity index (χ1) is 19.0. The zero-order valence-corrected chi connectivity index (χ0v) is 25.8. The molecule has 40 heavy (non-hydrogen) atoms. The van der Waals surface area contributed by atoms with E-state index in [-0.39, 0.29) is 10.8 Å². The molecule has 0 fully saturated rings. The lowest BCUT2D eigenvalue weighted by Gasteiger charge is -2.22. The van der Waals surface area contributed by atoms with Gasteiger partial charge in [0.05, 0.1) is 16.7 Å². The van der Waals surface area contributed by atoms with Crippen LogP contribution in [0, 0.1) is 0 Å². The van der Waals surface area contributed by atoms with E-state index in [1.807, 2.05) is 0 Å². The number of hydrogen-bond acceptors (Lipinski definition) is 0. The van der Waals surface area contributed by atoms with Crippen LogP contribution in [0.1, 0.15) is 52.7 Å². The molecule has 0 saturated carbocycles. The molecule has 0 radical (unpaired) electrons. The van der Waals surface area contributed by atoms with Crippen LogP contribution < -0.4 is 0 Å². The van der Waals surface area contributed by atoms with Gasteiger partial charge >= 0.3 is 0 Å². The highest BCUT2D eigenvalue weighted by atomic mass is 79.9. The van der Waals surface area contributed by atoms with E-state index in [9.17, 15) is 0 Å². The predicted molar refractivity (Wildman–Crippen MR) is 177 cm³/mol. The number of para-hydroxylation sites is 2. The van der Waals surface area contributed by atoms with Gasteiger partial charge in [0.15, 0.2) is 0 Å². The summed E-state index contributed by atoms with van der Waals surface area (Å²) >= 11 is 3.72. The molecular weight excluding hydrogens is 550 g/mol. The zero-order chi connectivity index (χ0) is 28.2. The normalized spacial score (nSPS) is 12.4. The number of fused-ring (bicyclic) bond motifs is 3. The van der Waals surface area contributed by atoms with Crippen molar-refractivity contribution in [3.63, 3.8) is 0 Å². The van der Waals surface area contributed by atoms with Gasteiger partial charge in [-0.1, -0.05) is 142 Å². The molecule has 0 atom stereocenters. The van der Waals surface area contributed by atoms with E-state index in [0.717, 1.165) is 4.47 Å². The van der Waals surface area contributed by atoms with E-state index in [4.69, 9.17) is 0 Å². The van der Waals surface area contributed by atoms with Crippen LogP contribution in [0.25, 0.3) is 49.7 Å². The minimum absolute atomic E-state index is 0.109. The second kappa shape index (κ2) is 9.78. The summed E-state index contributed by atoms with van der Waals surface area (Å²) in [6, 6.07) is 40.4. The quantitative estimate of drug-likeness (QED) is 0.194. The Morgan fingerprint density at radius 1 is 0.500 bits per heavy atom. The van der Waals surface area contributed by atoms with Crippen molar-refractivity contribution in [1.82, 2.24) is 4.57 Å². The van der Waals surface area contributed by atoms with Gasteiger partial charge in [-0.3, -0.25) is 0 Å². The van der Waals surface area contributed by atoms with Crippen molar-refractivity contribution < 1.29 is 0 Å². The van der Waals surface area contributed by atoms with Crippen LogP contribution in [0.3, 0.4) is 0 Å². The van der Waals surface area contributed by atoms with Crippen molar-refractivity contribution in [2.24, 2.45) is 0 Å². The van der Waals surface area contributed by atoms with Gasteiger partial charge in [-0.05, 0) is 57.3 Å². The molecule has 0 spiro atoms. The average Bonchev–Trinajstić information content (AvgIpc) is 3.25. The van der Waals surface area contributed by atoms with E-state index in [1.165, 1.54) is 60.9 Å². The van der Waals surface area contributed by atoms with E-state index >= 15 is 0 Å². The molecule has 0 N–H and O–H groups in total. The first kappa shape index (κ1) is 26.6. The number of halogens is 1. The highest BCUT2D eigenvalue weighted by molar-refractivity contribution is 9.10. The van der Waals surface area contributed by atoms with Gasteiger partial charge in [0.1, 0.15) is 0 Å². The maximum atomic E-state index is 3.72. The third-order valence-electron chi connectivity index (χ3n) is 8.02. The summed E-state index contributed by atoms with van der Waals surface area (Å²) in [4.78, 5) is 0. The first-order valence-corrected chi connectivity index (χ1v) is 14.9. The number of rotatable bonds is 3. The Balaban J connectivity index is 1.69. The highest BCUT2D eigenvalue weighted by Crippen LogP contribution is 2.42. The van der Waals surface area contributed by atoms with Crippen LogP contribution in [0.15, 0.2) is 114 Å². The molecule has 1 nitrogen and oxygen atoms in total. The summed E-state index contributed by atoms with van der Waals surface area (Å²) in [7, 11) is 0. The van der Waals surface area contributed by atoms with Gasteiger partial charge in [-0.2, -0.15) is 0 Å². The minimum Gasteiger partial charge on any atom is -0.308 e. The minimum atomic E-state index is 0.109. The van der Waals surface area contributed by atoms with Gasteiger partial charge in [-0.15, -0.1) is 0 Å². The number of aromatic nitrogens is 1. The summed E-state index contributed by atoms with van der Waals surface area (Å²) in [5, 5.41) is 2.50. The third kappa shape index (κ3) is 4.69. The maximum absolute atomic E-state index is 3.72. The molecule has 200 valence electrons. The van der Waals surface area contributed by atoms with E-state index in [1.54, 1.807) is 0 Å². The Labute approximate surface area is 246 Å². The van der Waals surface area contributed by atoms with Crippen LogP contribution in [-0.2, 0) is 10.8 Å². The van der Waals surface area contributed by atoms with Gasteiger partial charge in [0.25, 0.3) is 0 Å². The molecule has 0 aliphatic carbocycles. The molecule has 1 heterocycles. The van der Waals surface area contributed by atoms with Crippen molar-refractivity contribution in [2.45, 2.75) is 52.4 Å². The molecule has 5 aromatic carbocycles. The van der Waals surface area contributed by atoms with Crippen molar-refractivity contribution in [3.8, 4) is 27.9 Å². The SMILES string of the molecule is CC(C)(C)c1ccc(-c2cccc(-c3ccc(C(C)(C)C)cc3)c2-n2c3ccccc3c3cc(Br)ccc32)cc1. The summed E-state index contributed by atoms with van der Waals surface area (Å²) in [6.45, 7) is 13.6. The molecule has 1 aromatic heterocycles. The summed E-state index contributed by atoms with van der Waals surface area (Å²) < 4.78 is 3.56. The monoisotopic (exact) mass is 585 g/mol. The fourth-order valence-corrected chi connectivity index (χ4v) is 6.10. The van der Waals surface area contributed by atoms with E-state index in [0.29, 0.717) is 0 Å². The van der Waals surface area contributed by atoms with Crippen LogP contribution in [0.2, 0.25) is 0 Å². The van der Waals surface area contributed by atoms with Gasteiger partial charge in [0.2, 0.25) is 0 Å². The number of nitrogens with zero attached hydrogens (tertiary/aromatic N) is 1. The van der Waals surface area contributed by atoms with E-state index in [2.05, 4.69) is 171 Å². The van der Waals surface area contributed by atoms with Crippen LogP contribution in [-0.4, -0.2) is 4.57 Å². The van der Waals surface area contributed by atoms with Crippen molar-refractivity contribution in [2.75, 3.05) is 0 Å². The Morgan fingerprint density at radius 2 is 1.00 bits per heavy atom. The van der Waals surface area contributed by atoms with Crippen LogP contribution >= 0.6 is 15.9 Å². The summed E-state index contributed by atoms with van der Waals surface area (Å²) in [6.07, 6.45) is 0. The second-order valence-electron chi connectivity index (χ2n) is 12.9. The Morgan fingerprint density at radius 3 is 1.52 bits per heavy atom. The van der Waals surface area contributed by atoms with Crippen LogP contribution in [0.4, 0.5) is 0 Å². The fourth-order valence-electron chi connectivity index (χ4n) is 5.74. The molecule has 0 aliphatic rings. The van der Waals surface area contributed by atoms with Crippen molar-refractivity contribution in [3.05, 3.63) is 125 Å². The van der Waals surface area contributed by atoms with Gasteiger partial charge in [-0.25, -0.2) is 0 Å². The molecule has 6 rings (SSSR count). The van der Waals surface area contributed by atoms with Crippen molar-refractivity contribution >= 4 is 37.7 Å². The summed E-state index contributed by atoms with van der Waals surface area (Å²) in [5.41, 5.74) is 11.4. The Bertz CT molecular complexity index is 1760. The van der Waals surface area contributed by atoms with Crippen molar-refractivity contribution in [1.29, 1.82) is 0 Å². The second-order valence-corrected chi connectivity index (χ2v) is 13.8. The molecule has 2 heteroatoms. The molecule has 6 aromatic rings. The third-order valence-corrected chi connectivity index (χ3v) is 8.51. The largest absolute Gasteiger partial charge is 0.308 e. The van der Waals surface area contributed by atoms with Crippen LogP contribution in [0.5, 0.6) is 0 Å². The lowest BCUT2D eigenvalue weighted by Crippen LogP contribution is -2.10. The predicted octanol–water partition coefficient (Wildman–Crippen LogP) is 11.5. The molecule has 0 saturated heterocycles. The smallest absolute Gasteiger partial charge is 0.0618 e. The molecule has 0 aliphatic heterocycles. The standard InChI is InChI=1S/C38H36BrN/c1-37(2,3)27-18-14-25(15-19-27)30-11-9-12-31(26-16-20-28(21-17-26)38(4,5)6)36(30)40-34-13-8-7-10-32(34)33-24-29(39)22-23-35(33)40/h7-24H,1-6H3. The maximum Gasteiger partial charge on any atom is 0.0618 e. The Hall–Kier alpha value is -3.62. The molecule has 0 bridgehead atoms. The fraction of sp³-hybridized carbons (Fsp3) is 0.211. The van der Waals surface area contributed by atoms with Gasteiger partial charge in [0, 0.05) is 26.4 Å². The summed E-state index contributed by atoms with van der Waals surface area (Å²) in [5.74, 6) is 0. The molecule has 0 amide bonds. The molecule has 0 unspecified atom stereocenters. The first-order valence-electron chi connectivity index (χ1n) is 14.1. The molecular formula is C38H36BrN. The topological polar surface area (TPSA) is 4.93 Å². The highest BCUT2D eigenvalue weighted by Gasteiger charge is 2.21. The van der Waals surface area contributed by atoms with E-state index < -0.39 is 0 Å². The average molecular weight is 587 g/mol. The number of benzene rings is 5. The number of hydrogen-bond donors (Lipinski definition) is 0. The Kier molecular flexibility index (Phi) is 6.50. The van der Waals surface area contributed by atoms with Gasteiger partial charge < -0.3 is 4.57 Å².